The Morgan fingerprint density at radius 3 is 2.69 bits per heavy atom. The monoisotopic (exact) mass is 214 g/mol. The van der Waals surface area contributed by atoms with Crippen molar-refractivity contribution >= 4 is 5.95 Å². The van der Waals surface area contributed by atoms with E-state index in [1.54, 1.807) is 6.20 Å². The summed E-state index contributed by atoms with van der Waals surface area (Å²) in [5, 5.41) is 3.16. The first-order chi connectivity index (χ1) is 7.88. The molecule has 0 aliphatic carbocycles. The molecule has 1 heterocycles. The molecule has 82 valence electrons. The van der Waals surface area contributed by atoms with E-state index in [1.807, 2.05) is 24.3 Å². The van der Waals surface area contributed by atoms with Gasteiger partial charge >= 0.3 is 0 Å². The van der Waals surface area contributed by atoms with Gasteiger partial charge in [-0.2, -0.15) is 0 Å². The van der Waals surface area contributed by atoms with Crippen LogP contribution in [0, 0.1) is 0 Å². The molecule has 0 fully saturated rings. The average Bonchev–Trinajstić information content (AvgIpc) is 2.38. The Hall–Kier alpha value is -1.94. The molecule has 4 heteroatoms. The van der Waals surface area contributed by atoms with E-state index in [-0.39, 0.29) is 0 Å². The number of rotatable bonds is 4. The third kappa shape index (κ3) is 2.77. The molecule has 16 heavy (non-hydrogen) atoms. The second-order valence-corrected chi connectivity index (χ2v) is 3.41. The molecule has 0 unspecified atom stereocenters. The molecule has 1 aromatic carbocycles. The largest absolute Gasteiger partial charge is 0.350 e. The fourth-order valence-electron chi connectivity index (χ4n) is 1.37. The van der Waals surface area contributed by atoms with Crippen LogP contribution in [-0.4, -0.2) is 9.97 Å². The van der Waals surface area contributed by atoms with Crippen molar-refractivity contribution in [2.45, 2.75) is 13.1 Å². The van der Waals surface area contributed by atoms with Crippen LogP contribution < -0.4 is 11.1 Å². The van der Waals surface area contributed by atoms with E-state index in [0.717, 1.165) is 12.2 Å². The fourth-order valence-corrected chi connectivity index (χ4v) is 1.37. The van der Waals surface area contributed by atoms with Crippen LogP contribution >= 0.6 is 0 Å². The third-order valence-electron chi connectivity index (χ3n) is 2.22. The van der Waals surface area contributed by atoms with Gasteiger partial charge in [0.15, 0.2) is 0 Å². The zero-order valence-corrected chi connectivity index (χ0v) is 8.93. The highest BCUT2D eigenvalue weighted by atomic mass is 15.1. The minimum Gasteiger partial charge on any atom is -0.350 e. The van der Waals surface area contributed by atoms with Crippen LogP contribution in [0.2, 0.25) is 0 Å². The molecule has 0 aliphatic rings. The predicted octanol–water partition coefficient (Wildman–Crippen LogP) is 1.55. The lowest BCUT2D eigenvalue weighted by atomic mass is 10.2. The van der Waals surface area contributed by atoms with Crippen molar-refractivity contribution in [2.24, 2.45) is 5.73 Å². The van der Waals surface area contributed by atoms with Gasteiger partial charge in [-0.25, -0.2) is 9.97 Å². The number of benzene rings is 1. The van der Waals surface area contributed by atoms with Crippen LogP contribution in [-0.2, 0) is 13.1 Å². The summed E-state index contributed by atoms with van der Waals surface area (Å²) in [4.78, 5) is 8.38. The minimum absolute atomic E-state index is 0.433. The maximum atomic E-state index is 5.51. The zero-order chi connectivity index (χ0) is 11.2. The Balaban J connectivity index is 1.99. The molecule has 0 aliphatic heterocycles. The van der Waals surface area contributed by atoms with Gasteiger partial charge in [0.2, 0.25) is 5.95 Å². The molecule has 0 radical (unpaired) electrons. The van der Waals surface area contributed by atoms with E-state index >= 15 is 0 Å². The van der Waals surface area contributed by atoms with Crippen LogP contribution in [0.15, 0.2) is 42.6 Å². The molecule has 0 atom stereocenters. The average molecular weight is 214 g/mol. The van der Waals surface area contributed by atoms with E-state index < -0.39 is 0 Å². The molecule has 0 saturated heterocycles. The number of nitrogens with zero attached hydrogens (tertiary/aromatic N) is 2. The van der Waals surface area contributed by atoms with Gasteiger partial charge in [0.25, 0.3) is 0 Å². The maximum absolute atomic E-state index is 5.51. The number of nitrogens with two attached hydrogens (primary N) is 1. The highest BCUT2D eigenvalue weighted by molar-refractivity contribution is 5.28. The highest BCUT2D eigenvalue weighted by Gasteiger charge is 1.97. The summed E-state index contributed by atoms with van der Waals surface area (Å²) in [7, 11) is 0. The molecule has 0 bridgehead atoms. The maximum Gasteiger partial charge on any atom is 0.223 e. The molecule has 2 rings (SSSR count). The first-order valence-corrected chi connectivity index (χ1v) is 5.18. The van der Waals surface area contributed by atoms with E-state index in [1.165, 1.54) is 5.56 Å². The van der Waals surface area contributed by atoms with Crippen molar-refractivity contribution in [1.82, 2.24) is 9.97 Å². The Bertz CT molecular complexity index is 442. The number of hydrogen-bond donors (Lipinski definition) is 2. The van der Waals surface area contributed by atoms with Gasteiger partial charge in [0.1, 0.15) is 0 Å². The molecular weight excluding hydrogens is 200 g/mol. The van der Waals surface area contributed by atoms with Gasteiger partial charge in [-0.05, 0) is 11.6 Å². The molecule has 2 aromatic rings. The van der Waals surface area contributed by atoms with Crippen LogP contribution in [0.3, 0.4) is 0 Å². The zero-order valence-electron chi connectivity index (χ0n) is 8.93. The molecule has 0 saturated carbocycles. The van der Waals surface area contributed by atoms with Gasteiger partial charge in [-0.15, -0.1) is 0 Å². The molecule has 1 aromatic heterocycles. The number of anilines is 1. The SMILES string of the molecule is NCc1ccnc(NCc2ccccc2)n1. The molecule has 0 spiro atoms. The highest BCUT2D eigenvalue weighted by Crippen LogP contribution is 2.04. The van der Waals surface area contributed by atoms with Crippen LogP contribution in [0.25, 0.3) is 0 Å². The molecular formula is C12H14N4. The Morgan fingerprint density at radius 1 is 1.12 bits per heavy atom. The summed E-state index contributed by atoms with van der Waals surface area (Å²) in [5.41, 5.74) is 7.54. The first-order valence-electron chi connectivity index (χ1n) is 5.18. The Labute approximate surface area is 94.5 Å². The minimum atomic E-state index is 0.433. The third-order valence-corrected chi connectivity index (χ3v) is 2.22. The predicted molar refractivity (Wildman–Crippen MR) is 63.7 cm³/mol. The second kappa shape index (κ2) is 5.23. The number of aromatic nitrogens is 2. The van der Waals surface area contributed by atoms with Crippen molar-refractivity contribution in [1.29, 1.82) is 0 Å². The van der Waals surface area contributed by atoms with Gasteiger partial charge < -0.3 is 11.1 Å². The number of hydrogen-bond acceptors (Lipinski definition) is 4. The van der Waals surface area contributed by atoms with Crippen molar-refractivity contribution in [3.63, 3.8) is 0 Å². The van der Waals surface area contributed by atoms with Crippen molar-refractivity contribution in [2.75, 3.05) is 5.32 Å². The van der Waals surface area contributed by atoms with E-state index in [9.17, 15) is 0 Å². The smallest absolute Gasteiger partial charge is 0.223 e. The Morgan fingerprint density at radius 2 is 1.94 bits per heavy atom. The lowest BCUT2D eigenvalue weighted by molar-refractivity contribution is 0.950. The van der Waals surface area contributed by atoms with E-state index in [0.29, 0.717) is 12.5 Å². The molecule has 3 N–H and O–H groups in total. The lowest BCUT2D eigenvalue weighted by Crippen LogP contribution is -2.06. The van der Waals surface area contributed by atoms with Gasteiger partial charge in [0, 0.05) is 19.3 Å². The van der Waals surface area contributed by atoms with Crippen molar-refractivity contribution in [3.05, 3.63) is 53.9 Å². The first kappa shape index (κ1) is 10.6. The second-order valence-electron chi connectivity index (χ2n) is 3.41. The molecule has 4 nitrogen and oxygen atoms in total. The normalized spacial score (nSPS) is 10.1. The summed E-state index contributed by atoms with van der Waals surface area (Å²) in [6.07, 6.45) is 1.71. The van der Waals surface area contributed by atoms with E-state index in [4.69, 9.17) is 5.73 Å². The number of nitrogens with one attached hydrogen (secondary N) is 1. The van der Waals surface area contributed by atoms with Gasteiger partial charge in [0.05, 0.1) is 5.69 Å². The van der Waals surface area contributed by atoms with Crippen molar-refractivity contribution in [3.8, 4) is 0 Å². The fraction of sp³-hybridized carbons (Fsp3) is 0.167. The summed E-state index contributed by atoms with van der Waals surface area (Å²) in [6, 6.07) is 11.9. The summed E-state index contributed by atoms with van der Waals surface area (Å²) in [5.74, 6) is 0.617. The van der Waals surface area contributed by atoms with E-state index in [2.05, 4.69) is 27.4 Å². The van der Waals surface area contributed by atoms with Crippen LogP contribution in [0.5, 0.6) is 0 Å². The Kier molecular flexibility index (Phi) is 3.46. The van der Waals surface area contributed by atoms with Crippen molar-refractivity contribution < 1.29 is 0 Å². The summed E-state index contributed by atoms with van der Waals surface area (Å²) in [6.45, 7) is 1.15. The van der Waals surface area contributed by atoms with Gasteiger partial charge in [-0.3, -0.25) is 0 Å². The lowest BCUT2D eigenvalue weighted by Gasteiger charge is -2.05. The summed E-state index contributed by atoms with van der Waals surface area (Å²) < 4.78 is 0. The van der Waals surface area contributed by atoms with Crippen LogP contribution in [0.1, 0.15) is 11.3 Å². The molecule has 0 amide bonds. The standard InChI is InChI=1S/C12H14N4/c13-8-11-6-7-14-12(16-11)15-9-10-4-2-1-3-5-10/h1-7H,8-9,13H2,(H,14,15,16). The van der Waals surface area contributed by atoms with Gasteiger partial charge in [-0.1, -0.05) is 30.3 Å². The van der Waals surface area contributed by atoms with Crippen LogP contribution in [0.4, 0.5) is 5.95 Å². The topological polar surface area (TPSA) is 63.8 Å². The quantitative estimate of drug-likeness (QED) is 0.810. The summed E-state index contributed by atoms with van der Waals surface area (Å²) >= 11 is 0.